The van der Waals surface area contributed by atoms with Crippen molar-refractivity contribution < 1.29 is 13.9 Å². The van der Waals surface area contributed by atoms with Crippen molar-refractivity contribution in [1.29, 1.82) is 0 Å². The van der Waals surface area contributed by atoms with Crippen LogP contribution < -0.4 is 5.32 Å². The first-order valence-corrected chi connectivity index (χ1v) is 9.76. The molecule has 3 rings (SSSR count). The number of carbonyl (C=O) groups is 1. The van der Waals surface area contributed by atoms with Crippen molar-refractivity contribution in [3.63, 3.8) is 0 Å². The second kappa shape index (κ2) is 7.54. The third-order valence-electron chi connectivity index (χ3n) is 6.49. The fourth-order valence-electron chi connectivity index (χ4n) is 3.94. The predicted octanol–water partition coefficient (Wildman–Crippen LogP) is 2.21. The molecule has 7 nitrogen and oxygen atoms in total. The minimum absolute atomic E-state index is 0.0212. The lowest BCUT2D eigenvalue weighted by atomic mass is 9.56. The first kappa shape index (κ1) is 19.7. The third kappa shape index (κ3) is 3.57. The molecule has 1 aromatic heterocycles. The molecule has 0 bridgehead atoms. The molecule has 1 saturated heterocycles. The lowest BCUT2D eigenvalue weighted by Gasteiger charge is -2.59. The Balaban J connectivity index is 1.59. The van der Waals surface area contributed by atoms with Crippen LogP contribution in [-0.4, -0.2) is 73.1 Å². The Morgan fingerprint density at radius 3 is 2.48 bits per heavy atom. The standard InChI is InChI=1S/C20H32N4O3/c1-6-21-18(22-16-14-20(4,26-5)19(16,2)3)24-11-9-23(10-12-24)17(25)15-8-7-13-27-15/h7-8,13,16H,6,9-12,14H2,1-5H3,(H,21,22). The molecular weight excluding hydrogens is 344 g/mol. The molecule has 150 valence electrons. The number of nitrogens with zero attached hydrogens (tertiary/aromatic N) is 3. The molecule has 1 saturated carbocycles. The van der Waals surface area contributed by atoms with Crippen LogP contribution >= 0.6 is 0 Å². The normalized spacial score (nSPS) is 28.0. The second-order valence-corrected chi connectivity index (χ2v) is 8.11. The van der Waals surface area contributed by atoms with Gasteiger partial charge in [0.1, 0.15) is 0 Å². The van der Waals surface area contributed by atoms with Crippen LogP contribution in [0.1, 0.15) is 44.7 Å². The molecule has 0 aromatic carbocycles. The quantitative estimate of drug-likeness (QED) is 0.644. The van der Waals surface area contributed by atoms with Crippen LogP contribution in [-0.2, 0) is 4.74 Å². The molecule has 7 heteroatoms. The molecule has 1 N–H and O–H groups in total. The van der Waals surface area contributed by atoms with Gasteiger partial charge in [-0.3, -0.25) is 9.79 Å². The van der Waals surface area contributed by atoms with Crippen molar-refractivity contribution in [2.24, 2.45) is 10.4 Å². The molecule has 2 atom stereocenters. The van der Waals surface area contributed by atoms with E-state index in [1.807, 2.05) is 11.8 Å². The van der Waals surface area contributed by atoms with Gasteiger partial charge in [0.05, 0.1) is 11.9 Å². The van der Waals surface area contributed by atoms with E-state index in [9.17, 15) is 4.79 Å². The summed E-state index contributed by atoms with van der Waals surface area (Å²) < 4.78 is 11.0. The Morgan fingerprint density at radius 2 is 1.96 bits per heavy atom. The SMILES string of the molecule is CCN=C(NC1CC(C)(OC)C1(C)C)N1CCN(C(=O)c2ccco2)CC1. The van der Waals surface area contributed by atoms with E-state index >= 15 is 0 Å². The minimum Gasteiger partial charge on any atom is -0.459 e. The van der Waals surface area contributed by atoms with Crippen LogP contribution in [0.3, 0.4) is 0 Å². The van der Waals surface area contributed by atoms with Gasteiger partial charge in [-0.15, -0.1) is 0 Å². The Kier molecular flexibility index (Phi) is 5.51. The average Bonchev–Trinajstić information content (AvgIpc) is 3.21. The fourth-order valence-corrected chi connectivity index (χ4v) is 3.94. The summed E-state index contributed by atoms with van der Waals surface area (Å²) in [6.07, 6.45) is 2.49. The van der Waals surface area contributed by atoms with Crippen LogP contribution in [0.15, 0.2) is 27.8 Å². The summed E-state index contributed by atoms with van der Waals surface area (Å²) in [5.74, 6) is 1.29. The first-order chi connectivity index (χ1) is 12.8. The van der Waals surface area contributed by atoms with Crippen molar-refractivity contribution in [1.82, 2.24) is 15.1 Å². The number of methoxy groups -OCH3 is 1. The topological polar surface area (TPSA) is 70.3 Å². The Morgan fingerprint density at radius 1 is 1.30 bits per heavy atom. The molecule has 1 aromatic rings. The van der Waals surface area contributed by atoms with Crippen LogP contribution in [0.5, 0.6) is 0 Å². The minimum atomic E-state index is -0.115. The maximum absolute atomic E-state index is 12.4. The Hall–Kier alpha value is -2.02. The summed E-state index contributed by atoms with van der Waals surface area (Å²) >= 11 is 0. The van der Waals surface area contributed by atoms with Crippen molar-refractivity contribution in [2.75, 3.05) is 39.8 Å². The molecular formula is C20H32N4O3. The number of furan rings is 1. The highest BCUT2D eigenvalue weighted by Crippen LogP contribution is 2.51. The molecule has 0 radical (unpaired) electrons. The van der Waals surface area contributed by atoms with Gasteiger partial charge in [0, 0.05) is 51.3 Å². The monoisotopic (exact) mass is 376 g/mol. The molecule has 2 unspecified atom stereocenters. The highest BCUT2D eigenvalue weighted by atomic mass is 16.5. The average molecular weight is 377 g/mol. The molecule has 2 fully saturated rings. The smallest absolute Gasteiger partial charge is 0.289 e. The van der Waals surface area contributed by atoms with E-state index in [4.69, 9.17) is 14.1 Å². The van der Waals surface area contributed by atoms with E-state index in [1.54, 1.807) is 19.2 Å². The van der Waals surface area contributed by atoms with Crippen LogP contribution in [0.25, 0.3) is 0 Å². The Bertz CT molecular complexity index is 677. The van der Waals surface area contributed by atoms with Gasteiger partial charge in [-0.05, 0) is 32.4 Å². The molecule has 2 aliphatic rings. The van der Waals surface area contributed by atoms with E-state index < -0.39 is 0 Å². The number of rotatable bonds is 4. The van der Waals surface area contributed by atoms with E-state index in [0.717, 1.165) is 32.0 Å². The van der Waals surface area contributed by atoms with E-state index in [0.29, 0.717) is 24.9 Å². The summed E-state index contributed by atoms with van der Waals surface area (Å²) in [6, 6.07) is 3.77. The number of piperazine rings is 1. The summed E-state index contributed by atoms with van der Waals surface area (Å²) in [4.78, 5) is 21.2. The number of hydrogen-bond donors (Lipinski definition) is 1. The lowest BCUT2D eigenvalue weighted by molar-refractivity contribution is -0.177. The van der Waals surface area contributed by atoms with Crippen molar-refractivity contribution in [2.45, 2.75) is 45.8 Å². The van der Waals surface area contributed by atoms with Gasteiger partial charge in [-0.1, -0.05) is 13.8 Å². The molecule has 1 amide bonds. The number of ether oxygens (including phenoxy) is 1. The number of hydrogen-bond acceptors (Lipinski definition) is 4. The zero-order valence-electron chi connectivity index (χ0n) is 17.1. The van der Waals surface area contributed by atoms with Gasteiger partial charge in [0.15, 0.2) is 11.7 Å². The molecule has 2 heterocycles. The highest BCUT2D eigenvalue weighted by molar-refractivity contribution is 5.91. The lowest BCUT2D eigenvalue weighted by Crippen LogP contribution is -2.70. The van der Waals surface area contributed by atoms with Gasteiger partial charge in [0.2, 0.25) is 0 Å². The van der Waals surface area contributed by atoms with E-state index in [-0.39, 0.29) is 16.9 Å². The number of nitrogens with one attached hydrogen (secondary N) is 1. The third-order valence-corrected chi connectivity index (χ3v) is 6.49. The number of aliphatic imine (C=N–C) groups is 1. The summed E-state index contributed by atoms with van der Waals surface area (Å²) in [6.45, 7) is 12.2. The van der Waals surface area contributed by atoms with Gasteiger partial charge < -0.3 is 24.3 Å². The van der Waals surface area contributed by atoms with E-state index in [1.165, 1.54) is 6.26 Å². The largest absolute Gasteiger partial charge is 0.459 e. The molecule has 1 aliphatic heterocycles. The maximum atomic E-state index is 12.4. The Labute approximate surface area is 161 Å². The van der Waals surface area contributed by atoms with Crippen LogP contribution in [0.4, 0.5) is 0 Å². The van der Waals surface area contributed by atoms with Crippen LogP contribution in [0, 0.1) is 5.41 Å². The summed E-state index contributed by atoms with van der Waals surface area (Å²) in [5, 5.41) is 3.65. The molecule has 0 spiro atoms. The number of amides is 1. The zero-order valence-corrected chi connectivity index (χ0v) is 17.1. The van der Waals surface area contributed by atoms with Crippen molar-refractivity contribution in [3.05, 3.63) is 24.2 Å². The van der Waals surface area contributed by atoms with Gasteiger partial charge in [-0.2, -0.15) is 0 Å². The van der Waals surface area contributed by atoms with Crippen LogP contribution in [0.2, 0.25) is 0 Å². The summed E-state index contributed by atoms with van der Waals surface area (Å²) in [7, 11) is 1.79. The van der Waals surface area contributed by atoms with Gasteiger partial charge >= 0.3 is 0 Å². The van der Waals surface area contributed by atoms with Gasteiger partial charge in [-0.25, -0.2) is 0 Å². The second-order valence-electron chi connectivity index (χ2n) is 8.11. The van der Waals surface area contributed by atoms with Crippen molar-refractivity contribution in [3.8, 4) is 0 Å². The predicted molar refractivity (Wildman–Crippen MR) is 105 cm³/mol. The number of guanidine groups is 1. The maximum Gasteiger partial charge on any atom is 0.289 e. The first-order valence-electron chi connectivity index (χ1n) is 9.76. The fraction of sp³-hybridized carbons (Fsp3) is 0.700. The summed E-state index contributed by atoms with van der Waals surface area (Å²) in [5.41, 5.74) is -0.0938. The van der Waals surface area contributed by atoms with Gasteiger partial charge in [0.25, 0.3) is 5.91 Å². The molecule has 1 aliphatic carbocycles. The highest BCUT2D eigenvalue weighted by Gasteiger charge is 2.58. The molecule has 27 heavy (non-hydrogen) atoms. The zero-order chi connectivity index (χ0) is 19.7. The number of carbonyl (C=O) groups excluding carboxylic acids is 1. The van der Waals surface area contributed by atoms with Crippen molar-refractivity contribution >= 4 is 11.9 Å². The van der Waals surface area contributed by atoms with E-state index in [2.05, 4.69) is 31.0 Å².